The number of rotatable bonds is 4. The summed E-state index contributed by atoms with van der Waals surface area (Å²) in [5, 5.41) is 4.40. The van der Waals surface area contributed by atoms with Gasteiger partial charge in [0.15, 0.2) is 0 Å². The fourth-order valence-electron chi connectivity index (χ4n) is 4.85. The molecule has 2 aliphatic heterocycles. The molecule has 5 heterocycles. The van der Waals surface area contributed by atoms with Crippen LogP contribution in [0.15, 0.2) is 42.6 Å². The normalized spacial score (nSPS) is 16.5. The van der Waals surface area contributed by atoms with Crippen LogP contribution >= 0.6 is 11.3 Å². The van der Waals surface area contributed by atoms with Crippen molar-refractivity contribution in [2.24, 2.45) is 0 Å². The highest BCUT2D eigenvalue weighted by Gasteiger charge is 2.23. The first kappa shape index (κ1) is 22.1. The van der Waals surface area contributed by atoms with Gasteiger partial charge in [-0.1, -0.05) is 0 Å². The maximum Gasteiger partial charge on any atom is 0.229 e. The van der Waals surface area contributed by atoms with Crippen LogP contribution in [0.4, 0.5) is 17.3 Å². The molecule has 0 aliphatic carbocycles. The van der Waals surface area contributed by atoms with E-state index >= 15 is 0 Å². The van der Waals surface area contributed by atoms with Crippen LogP contribution in [0.2, 0.25) is 0 Å². The van der Waals surface area contributed by atoms with Gasteiger partial charge in [0.1, 0.15) is 5.65 Å². The van der Waals surface area contributed by atoms with Gasteiger partial charge in [-0.25, -0.2) is 4.98 Å². The van der Waals surface area contributed by atoms with Crippen molar-refractivity contribution in [3.63, 3.8) is 0 Å². The number of benzene rings is 1. The molecule has 2 N–H and O–H groups in total. The molecule has 1 amide bonds. The second-order valence-electron chi connectivity index (χ2n) is 9.35. The summed E-state index contributed by atoms with van der Waals surface area (Å²) in [7, 11) is 2.17. The number of nitrogens with one attached hydrogen (secondary N) is 2. The number of piperazine rings is 1. The number of nitrogens with zero attached hydrogens (tertiary/aromatic N) is 5. The van der Waals surface area contributed by atoms with Gasteiger partial charge in [-0.05, 0) is 55.4 Å². The molecule has 0 atom stereocenters. The molecule has 0 saturated carbocycles. The van der Waals surface area contributed by atoms with E-state index in [9.17, 15) is 4.79 Å². The zero-order chi connectivity index (χ0) is 23.9. The van der Waals surface area contributed by atoms with Crippen molar-refractivity contribution < 1.29 is 4.79 Å². The van der Waals surface area contributed by atoms with Crippen LogP contribution in [0.1, 0.15) is 17.4 Å². The van der Waals surface area contributed by atoms with E-state index < -0.39 is 0 Å². The molecule has 1 saturated heterocycles. The van der Waals surface area contributed by atoms with Crippen LogP contribution in [0.3, 0.4) is 0 Å². The molecule has 8 nitrogen and oxygen atoms in total. The standard InChI is InChI=1S/C26H29N7OS/c1-17(34)33-10-8-22-18(16-33)15-23(35-22)24-21-7-9-27-25(21)30-26(29-24)28-19-3-5-20(6-4-19)32-13-11-31(2)12-14-32/h3-7,9,15H,8,10-14,16H2,1-2H3,(H2,27,28,29,30). The van der Waals surface area contributed by atoms with Crippen LogP contribution in [-0.4, -0.2) is 70.4 Å². The third-order valence-corrected chi connectivity index (χ3v) is 8.20. The lowest BCUT2D eigenvalue weighted by Crippen LogP contribution is -2.44. The van der Waals surface area contributed by atoms with E-state index in [4.69, 9.17) is 9.97 Å². The molecule has 9 heteroatoms. The average molecular weight is 488 g/mol. The molecule has 2 aliphatic rings. The van der Waals surface area contributed by atoms with Gasteiger partial charge in [0, 0.05) is 74.0 Å². The number of H-pyrrole nitrogens is 1. The average Bonchev–Trinajstić information content (AvgIpc) is 3.51. The zero-order valence-corrected chi connectivity index (χ0v) is 20.9. The van der Waals surface area contributed by atoms with Crippen LogP contribution in [-0.2, 0) is 17.8 Å². The van der Waals surface area contributed by atoms with Gasteiger partial charge in [0.2, 0.25) is 11.9 Å². The number of aromatic amines is 1. The topological polar surface area (TPSA) is 80.4 Å². The number of likely N-dealkylation sites (N-methyl/N-ethyl adjacent to an activating group) is 1. The second kappa shape index (κ2) is 8.98. The van der Waals surface area contributed by atoms with Gasteiger partial charge in [-0.3, -0.25) is 4.79 Å². The first-order valence-corrected chi connectivity index (χ1v) is 12.9. The summed E-state index contributed by atoms with van der Waals surface area (Å²) >= 11 is 1.77. The Bertz CT molecular complexity index is 1370. The van der Waals surface area contributed by atoms with Crippen molar-refractivity contribution in [2.75, 3.05) is 50.0 Å². The minimum atomic E-state index is 0.128. The van der Waals surface area contributed by atoms with Crippen LogP contribution in [0.25, 0.3) is 21.6 Å². The Balaban J connectivity index is 1.26. The number of thiophene rings is 1. The Morgan fingerprint density at radius 3 is 2.63 bits per heavy atom. The quantitative estimate of drug-likeness (QED) is 0.451. The summed E-state index contributed by atoms with van der Waals surface area (Å²) in [6.45, 7) is 7.37. The maximum absolute atomic E-state index is 11.9. The second-order valence-corrected chi connectivity index (χ2v) is 10.5. The molecule has 0 bridgehead atoms. The van der Waals surface area contributed by atoms with Gasteiger partial charge in [0.05, 0.1) is 10.6 Å². The Kier molecular flexibility index (Phi) is 5.66. The summed E-state index contributed by atoms with van der Waals surface area (Å²) in [6, 6.07) is 12.7. The summed E-state index contributed by atoms with van der Waals surface area (Å²) in [5.41, 5.74) is 5.16. The van der Waals surface area contributed by atoms with Crippen LogP contribution in [0, 0.1) is 0 Å². The van der Waals surface area contributed by atoms with Gasteiger partial charge in [-0.15, -0.1) is 11.3 Å². The Morgan fingerprint density at radius 2 is 1.86 bits per heavy atom. The van der Waals surface area contributed by atoms with Crippen molar-refractivity contribution in [1.29, 1.82) is 0 Å². The number of fused-ring (bicyclic) bond motifs is 2. The number of hydrogen-bond acceptors (Lipinski definition) is 7. The minimum absolute atomic E-state index is 0.128. The Hall–Kier alpha value is -3.43. The molecular weight excluding hydrogens is 458 g/mol. The fraction of sp³-hybridized carbons (Fsp3) is 0.346. The zero-order valence-electron chi connectivity index (χ0n) is 20.0. The van der Waals surface area contributed by atoms with Crippen molar-refractivity contribution >= 4 is 45.6 Å². The number of carbonyl (C=O) groups is 1. The molecule has 0 spiro atoms. The smallest absolute Gasteiger partial charge is 0.229 e. The summed E-state index contributed by atoms with van der Waals surface area (Å²) in [6.07, 6.45) is 2.80. The summed E-state index contributed by atoms with van der Waals surface area (Å²) in [5.74, 6) is 0.697. The predicted octanol–water partition coefficient (Wildman–Crippen LogP) is 4.09. The van der Waals surface area contributed by atoms with E-state index in [0.717, 1.165) is 66.4 Å². The van der Waals surface area contributed by atoms with Crippen molar-refractivity contribution in [3.05, 3.63) is 53.0 Å². The molecule has 4 aromatic rings. The maximum atomic E-state index is 11.9. The highest BCUT2D eigenvalue weighted by atomic mass is 32.1. The van der Waals surface area contributed by atoms with Gasteiger partial charge in [-0.2, -0.15) is 4.98 Å². The van der Waals surface area contributed by atoms with E-state index in [0.29, 0.717) is 12.5 Å². The number of anilines is 3. The van der Waals surface area contributed by atoms with Crippen LogP contribution in [0.5, 0.6) is 0 Å². The van der Waals surface area contributed by atoms with Crippen LogP contribution < -0.4 is 10.2 Å². The predicted molar refractivity (Wildman–Crippen MR) is 141 cm³/mol. The highest BCUT2D eigenvalue weighted by Crippen LogP contribution is 2.37. The number of aromatic nitrogens is 3. The number of hydrogen-bond donors (Lipinski definition) is 2. The van der Waals surface area contributed by atoms with Crippen molar-refractivity contribution in [2.45, 2.75) is 19.9 Å². The van der Waals surface area contributed by atoms with Gasteiger partial charge < -0.3 is 25.0 Å². The number of amides is 1. The monoisotopic (exact) mass is 487 g/mol. The Morgan fingerprint density at radius 1 is 1.06 bits per heavy atom. The lowest BCUT2D eigenvalue weighted by atomic mass is 10.1. The molecule has 35 heavy (non-hydrogen) atoms. The van der Waals surface area contributed by atoms with Crippen molar-refractivity contribution in [1.82, 2.24) is 24.8 Å². The molecule has 0 radical (unpaired) electrons. The third kappa shape index (κ3) is 4.37. The fourth-order valence-corrected chi connectivity index (χ4v) is 6.02. The van der Waals surface area contributed by atoms with E-state index in [-0.39, 0.29) is 5.91 Å². The Labute approximate surface area is 208 Å². The van der Waals surface area contributed by atoms with Crippen molar-refractivity contribution in [3.8, 4) is 10.6 Å². The van der Waals surface area contributed by atoms with E-state index in [1.54, 1.807) is 18.3 Å². The molecule has 0 unspecified atom stereocenters. The SMILES string of the molecule is CC(=O)N1CCc2sc(-c3nc(Nc4ccc(N5CCN(C)CC5)cc4)nc4[nH]ccc34)cc2C1. The largest absolute Gasteiger partial charge is 0.369 e. The first-order valence-electron chi connectivity index (χ1n) is 12.1. The molecule has 6 rings (SSSR count). The third-order valence-electron chi connectivity index (χ3n) is 6.95. The summed E-state index contributed by atoms with van der Waals surface area (Å²) in [4.78, 5) is 33.9. The highest BCUT2D eigenvalue weighted by molar-refractivity contribution is 7.15. The lowest BCUT2D eigenvalue weighted by molar-refractivity contribution is -0.129. The molecule has 1 aromatic carbocycles. The van der Waals surface area contributed by atoms with Gasteiger partial charge in [0.25, 0.3) is 0 Å². The molecular formula is C26H29N7OS. The minimum Gasteiger partial charge on any atom is -0.369 e. The number of carbonyl (C=O) groups excluding carboxylic acids is 1. The molecule has 180 valence electrons. The van der Waals surface area contributed by atoms with Gasteiger partial charge >= 0.3 is 0 Å². The molecule has 1 fully saturated rings. The molecule has 3 aromatic heterocycles. The van der Waals surface area contributed by atoms with E-state index in [1.165, 1.54) is 16.1 Å². The lowest BCUT2D eigenvalue weighted by Gasteiger charge is -2.34. The first-order chi connectivity index (χ1) is 17.0. The van der Waals surface area contributed by atoms with E-state index in [2.05, 4.69) is 57.5 Å². The van der Waals surface area contributed by atoms with E-state index in [1.807, 2.05) is 17.2 Å². The summed E-state index contributed by atoms with van der Waals surface area (Å²) < 4.78 is 0.